The van der Waals surface area contributed by atoms with Crippen molar-refractivity contribution in [2.75, 3.05) is 19.6 Å². The molecule has 0 radical (unpaired) electrons. The zero-order valence-electron chi connectivity index (χ0n) is 14.5. The van der Waals surface area contributed by atoms with Crippen LogP contribution in [0.2, 0.25) is 5.02 Å². The third-order valence-electron chi connectivity index (χ3n) is 5.43. The molecule has 24 heavy (non-hydrogen) atoms. The van der Waals surface area contributed by atoms with Crippen LogP contribution in [0.5, 0.6) is 0 Å². The summed E-state index contributed by atoms with van der Waals surface area (Å²) in [6.45, 7) is 6.19. The summed E-state index contributed by atoms with van der Waals surface area (Å²) in [4.78, 5) is 30.1. The Balaban J connectivity index is 1.94. The Morgan fingerprint density at radius 3 is 2.67 bits per heavy atom. The van der Waals surface area contributed by atoms with Crippen LogP contribution in [0.3, 0.4) is 0 Å². The molecule has 2 amide bonds. The highest BCUT2D eigenvalue weighted by atomic mass is 35.5. The van der Waals surface area contributed by atoms with Gasteiger partial charge in [0.2, 0.25) is 5.91 Å². The molecule has 0 N–H and O–H groups in total. The first-order chi connectivity index (χ1) is 11.5. The van der Waals surface area contributed by atoms with Crippen molar-refractivity contribution in [1.29, 1.82) is 0 Å². The standard InChI is InChI=1S/C19H25ClN2O2/c1-3-11-21-12-5-9-19(18(21)24)10-6-13-22(19)17(23)15-7-4-8-16(20)14(15)2/h4,7-8H,3,5-6,9-13H2,1-2H3. The van der Waals surface area contributed by atoms with Gasteiger partial charge in [-0.3, -0.25) is 9.59 Å². The molecule has 4 nitrogen and oxygen atoms in total. The summed E-state index contributed by atoms with van der Waals surface area (Å²) >= 11 is 6.19. The summed E-state index contributed by atoms with van der Waals surface area (Å²) in [5.74, 6) is 0.0836. The van der Waals surface area contributed by atoms with E-state index in [2.05, 4.69) is 6.92 Å². The van der Waals surface area contributed by atoms with Crippen molar-refractivity contribution in [3.63, 3.8) is 0 Å². The highest BCUT2D eigenvalue weighted by Crippen LogP contribution is 2.39. The van der Waals surface area contributed by atoms with Gasteiger partial charge in [0.1, 0.15) is 5.54 Å². The van der Waals surface area contributed by atoms with E-state index < -0.39 is 5.54 Å². The van der Waals surface area contributed by atoms with Crippen molar-refractivity contribution < 1.29 is 9.59 Å². The lowest BCUT2D eigenvalue weighted by Crippen LogP contribution is -2.61. The summed E-state index contributed by atoms with van der Waals surface area (Å²) in [5.41, 5.74) is 0.767. The number of hydrogen-bond acceptors (Lipinski definition) is 2. The van der Waals surface area contributed by atoms with E-state index >= 15 is 0 Å². The largest absolute Gasteiger partial charge is 0.341 e. The molecule has 0 aromatic heterocycles. The van der Waals surface area contributed by atoms with Gasteiger partial charge in [0, 0.05) is 30.2 Å². The van der Waals surface area contributed by atoms with Crippen molar-refractivity contribution in [2.24, 2.45) is 0 Å². The van der Waals surface area contributed by atoms with Gasteiger partial charge in [-0.1, -0.05) is 24.6 Å². The van der Waals surface area contributed by atoms with Crippen LogP contribution in [0, 0.1) is 6.92 Å². The van der Waals surface area contributed by atoms with Gasteiger partial charge in [0.25, 0.3) is 5.91 Å². The van der Waals surface area contributed by atoms with Crippen molar-refractivity contribution in [1.82, 2.24) is 9.80 Å². The minimum atomic E-state index is -0.640. The maximum Gasteiger partial charge on any atom is 0.255 e. The van der Waals surface area contributed by atoms with Crippen LogP contribution in [0.4, 0.5) is 0 Å². The van der Waals surface area contributed by atoms with Crippen LogP contribution in [0.15, 0.2) is 18.2 Å². The molecule has 2 aliphatic heterocycles. The molecule has 0 saturated carbocycles. The first kappa shape index (κ1) is 17.3. The van der Waals surface area contributed by atoms with E-state index in [4.69, 9.17) is 11.6 Å². The number of rotatable bonds is 3. The van der Waals surface area contributed by atoms with Gasteiger partial charge in [0.15, 0.2) is 0 Å². The molecule has 0 aliphatic carbocycles. The predicted molar refractivity (Wildman–Crippen MR) is 95.3 cm³/mol. The third-order valence-corrected chi connectivity index (χ3v) is 5.84. The third kappa shape index (κ3) is 2.71. The van der Waals surface area contributed by atoms with E-state index in [0.29, 0.717) is 17.1 Å². The Labute approximate surface area is 148 Å². The fourth-order valence-electron chi connectivity index (χ4n) is 4.19. The van der Waals surface area contributed by atoms with E-state index in [1.54, 1.807) is 12.1 Å². The number of amides is 2. The number of hydrogen-bond donors (Lipinski definition) is 0. The zero-order valence-corrected chi connectivity index (χ0v) is 15.2. The molecule has 2 heterocycles. The molecule has 1 aromatic rings. The number of likely N-dealkylation sites (tertiary alicyclic amines) is 2. The van der Waals surface area contributed by atoms with Crippen LogP contribution >= 0.6 is 11.6 Å². The molecule has 1 aromatic carbocycles. The van der Waals surface area contributed by atoms with Gasteiger partial charge in [-0.05, 0) is 56.7 Å². The minimum absolute atomic E-state index is 0.0563. The van der Waals surface area contributed by atoms with Crippen LogP contribution in [-0.4, -0.2) is 46.8 Å². The topological polar surface area (TPSA) is 40.6 Å². The molecule has 1 unspecified atom stereocenters. The van der Waals surface area contributed by atoms with Crippen LogP contribution in [0.1, 0.15) is 54.9 Å². The van der Waals surface area contributed by atoms with Crippen LogP contribution < -0.4 is 0 Å². The molecule has 1 atom stereocenters. The second kappa shape index (κ2) is 6.75. The van der Waals surface area contributed by atoms with Crippen molar-refractivity contribution in [2.45, 2.75) is 51.5 Å². The van der Waals surface area contributed by atoms with E-state index in [1.165, 1.54) is 0 Å². The molecular weight excluding hydrogens is 324 g/mol. The predicted octanol–water partition coefficient (Wildman–Crippen LogP) is 3.66. The summed E-state index contributed by atoms with van der Waals surface area (Å²) < 4.78 is 0. The molecule has 2 fully saturated rings. The lowest BCUT2D eigenvalue weighted by Gasteiger charge is -2.44. The van der Waals surface area contributed by atoms with Gasteiger partial charge < -0.3 is 9.80 Å². The number of piperidine rings is 1. The number of nitrogens with zero attached hydrogens (tertiary/aromatic N) is 2. The minimum Gasteiger partial charge on any atom is -0.341 e. The van der Waals surface area contributed by atoms with E-state index in [0.717, 1.165) is 50.8 Å². The molecule has 3 rings (SSSR count). The van der Waals surface area contributed by atoms with Crippen LogP contribution in [0.25, 0.3) is 0 Å². The Hall–Kier alpha value is -1.55. The van der Waals surface area contributed by atoms with Gasteiger partial charge in [-0.15, -0.1) is 0 Å². The highest BCUT2D eigenvalue weighted by Gasteiger charge is 2.52. The van der Waals surface area contributed by atoms with Gasteiger partial charge in [-0.2, -0.15) is 0 Å². The Bertz CT molecular complexity index is 659. The average Bonchev–Trinajstić information content (AvgIpc) is 2.99. The average molecular weight is 349 g/mol. The highest BCUT2D eigenvalue weighted by molar-refractivity contribution is 6.31. The lowest BCUT2D eigenvalue weighted by molar-refractivity contribution is -0.145. The molecule has 130 valence electrons. The lowest BCUT2D eigenvalue weighted by atomic mass is 9.84. The monoisotopic (exact) mass is 348 g/mol. The zero-order chi connectivity index (χ0) is 17.3. The fourth-order valence-corrected chi connectivity index (χ4v) is 4.36. The van der Waals surface area contributed by atoms with E-state index in [9.17, 15) is 9.59 Å². The Kier molecular flexibility index (Phi) is 4.86. The molecule has 2 saturated heterocycles. The van der Waals surface area contributed by atoms with Crippen molar-refractivity contribution in [3.05, 3.63) is 34.3 Å². The van der Waals surface area contributed by atoms with Gasteiger partial charge >= 0.3 is 0 Å². The normalized spacial score (nSPS) is 24.0. The quantitative estimate of drug-likeness (QED) is 0.836. The van der Waals surface area contributed by atoms with Gasteiger partial charge in [-0.25, -0.2) is 0 Å². The summed E-state index contributed by atoms with van der Waals surface area (Å²) in [6.07, 6.45) is 4.35. The Morgan fingerprint density at radius 1 is 1.25 bits per heavy atom. The number of benzene rings is 1. The molecular formula is C19H25ClN2O2. The van der Waals surface area contributed by atoms with Crippen LogP contribution in [-0.2, 0) is 4.79 Å². The second-order valence-electron chi connectivity index (χ2n) is 6.90. The van der Waals surface area contributed by atoms with Gasteiger partial charge in [0.05, 0.1) is 0 Å². The summed E-state index contributed by atoms with van der Waals surface area (Å²) in [5, 5.41) is 0.594. The molecule has 5 heteroatoms. The van der Waals surface area contributed by atoms with E-state index in [-0.39, 0.29) is 11.8 Å². The van der Waals surface area contributed by atoms with Crippen molar-refractivity contribution in [3.8, 4) is 0 Å². The first-order valence-corrected chi connectivity index (χ1v) is 9.25. The maximum atomic E-state index is 13.2. The van der Waals surface area contributed by atoms with E-state index in [1.807, 2.05) is 22.8 Å². The summed E-state index contributed by atoms with van der Waals surface area (Å²) in [6, 6.07) is 5.41. The Morgan fingerprint density at radius 2 is 1.96 bits per heavy atom. The smallest absolute Gasteiger partial charge is 0.255 e. The second-order valence-corrected chi connectivity index (χ2v) is 7.31. The summed E-state index contributed by atoms with van der Waals surface area (Å²) in [7, 11) is 0. The molecule has 0 bridgehead atoms. The molecule has 1 spiro atoms. The fraction of sp³-hybridized carbons (Fsp3) is 0.579. The first-order valence-electron chi connectivity index (χ1n) is 8.87. The number of halogens is 1. The molecule has 2 aliphatic rings. The number of carbonyl (C=O) groups excluding carboxylic acids is 2. The number of carbonyl (C=O) groups is 2. The SMILES string of the molecule is CCCN1CCCC2(CCCN2C(=O)c2cccc(Cl)c2C)C1=O. The van der Waals surface area contributed by atoms with Crippen molar-refractivity contribution >= 4 is 23.4 Å². The maximum absolute atomic E-state index is 13.2.